The molecular formula is O3PtRuW-6. The summed E-state index contributed by atoms with van der Waals surface area (Å²) in [5.74, 6) is 0. The average molecular weight is 528 g/mol. The fraction of sp³-hybridized carbons (Fsp3) is 0. The maximum absolute atomic E-state index is 0. The van der Waals surface area contributed by atoms with Gasteiger partial charge in [0.05, 0.1) is 0 Å². The first-order valence-corrected chi connectivity index (χ1v) is 0. The third-order valence-corrected chi connectivity index (χ3v) is 0. The van der Waals surface area contributed by atoms with E-state index in [-0.39, 0.29) is 78.0 Å². The molecule has 0 aliphatic heterocycles. The van der Waals surface area contributed by atoms with Crippen molar-refractivity contribution in [1.29, 1.82) is 0 Å². The Morgan fingerprint density at radius 1 is 0.667 bits per heavy atom. The molecule has 48 valence electrons. The second-order valence-corrected chi connectivity index (χ2v) is 0. The standard InChI is InChI=1S/3O.Pt.Ru.W/q3*-2;;;. The molecule has 0 heterocycles. The molecule has 6 heavy (non-hydrogen) atoms. The van der Waals surface area contributed by atoms with Gasteiger partial charge in [0.25, 0.3) is 0 Å². The molecule has 0 atom stereocenters. The fourth-order valence-electron chi connectivity index (χ4n) is 0. The molecule has 0 aliphatic carbocycles. The molecular weight excluding hydrogens is 528 g/mol. The summed E-state index contributed by atoms with van der Waals surface area (Å²) in [6, 6.07) is 0. The molecule has 0 aromatic rings. The van der Waals surface area contributed by atoms with E-state index < -0.39 is 0 Å². The fourth-order valence-corrected chi connectivity index (χ4v) is 0. The smallest absolute Gasteiger partial charge is 0 e. The minimum Gasteiger partial charge on any atom is -2.00 e. The van der Waals surface area contributed by atoms with Crippen molar-refractivity contribution >= 4 is 0 Å². The molecule has 0 saturated heterocycles. The largest absolute Gasteiger partial charge is 2.00 e. The van der Waals surface area contributed by atoms with E-state index in [1.807, 2.05) is 0 Å². The van der Waals surface area contributed by atoms with Gasteiger partial charge in [-0.05, 0) is 0 Å². The van der Waals surface area contributed by atoms with Crippen LogP contribution in [0.5, 0.6) is 0 Å². The van der Waals surface area contributed by atoms with Crippen LogP contribution >= 0.6 is 0 Å². The van der Waals surface area contributed by atoms with E-state index in [1.54, 1.807) is 0 Å². The van der Waals surface area contributed by atoms with Gasteiger partial charge >= 0.3 is 0 Å². The van der Waals surface area contributed by atoms with Gasteiger partial charge in [0.2, 0.25) is 0 Å². The van der Waals surface area contributed by atoms with E-state index in [0.29, 0.717) is 0 Å². The third kappa shape index (κ3) is 39.6. The van der Waals surface area contributed by atoms with Crippen molar-refractivity contribution in [3.63, 3.8) is 0 Å². The van der Waals surface area contributed by atoms with Gasteiger partial charge in [-0.15, -0.1) is 0 Å². The van der Waals surface area contributed by atoms with Crippen LogP contribution in [-0.4, -0.2) is 0 Å². The van der Waals surface area contributed by atoms with Crippen LogP contribution in [0.4, 0.5) is 0 Å². The molecule has 0 N–H and O–H groups in total. The Balaban J connectivity index is 0. The monoisotopic (exact) mass is 529 g/mol. The predicted octanol–water partition coefficient (Wildman–Crippen LogP) is -0.364. The van der Waals surface area contributed by atoms with Gasteiger partial charge in [0.15, 0.2) is 0 Å². The van der Waals surface area contributed by atoms with Gasteiger partial charge in [-0.2, -0.15) is 0 Å². The van der Waals surface area contributed by atoms with Crippen LogP contribution in [0.3, 0.4) is 0 Å². The summed E-state index contributed by atoms with van der Waals surface area (Å²) in [5, 5.41) is 0. The van der Waals surface area contributed by atoms with Crippen LogP contribution in [0.2, 0.25) is 0 Å². The molecule has 0 fully saturated rings. The summed E-state index contributed by atoms with van der Waals surface area (Å²) in [5.41, 5.74) is 0. The molecule has 0 spiro atoms. The van der Waals surface area contributed by atoms with Gasteiger partial charge in [0, 0.05) is 61.6 Å². The van der Waals surface area contributed by atoms with Crippen LogP contribution in [0.25, 0.3) is 0 Å². The van der Waals surface area contributed by atoms with Crippen molar-refractivity contribution in [3.8, 4) is 0 Å². The summed E-state index contributed by atoms with van der Waals surface area (Å²) in [6.45, 7) is 0. The topological polar surface area (TPSA) is 85.5 Å². The number of rotatable bonds is 0. The Morgan fingerprint density at radius 2 is 0.667 bits per heavy atom. The summed E-state index contributed by atoms with van der Waals surface area (Å²) >= 11 is 0. The van der Waals surface area contributed by atoms with Crippen LogP contribution in [-0.2, 0) is 78.0 Å². The van der Waals surface area contributed by atoms with Gasteiger partial charge in [-0.1, -0.05) is 0 Å². The zero-order chi connectivity index (χ0) is 0. The second kappa shape index (κ2) is 67.3. The SMILES string of the molecule is [O-2].[O-2].[O-2].[Pt].[Ru].[W]. The van der Waals surface area contributed by atoms with Gasteiger partial charge < -0.3 is 16.4 Å². The van der Waals surface area contributed by atoms with Crippen molar-refractivity contribution in [2.45, 2.75) is 0 Å². The Bertz CT molecular complexity index is 10.8. The summed E-state index contributed by atoms with van der Waals surface area (Å²) < 4.78 is 0. The Morgan fingerprint density at radius 3 is 0.667 bits per heavy atom. The minimum atomic E-state index is 0. The maximum atomic E-state index is 0. The van der Waals surface area contributed by atoms with E-state index in [9.17, 15) is 0 Å². The van der Waals surface area contributed by atoms with Crippen molar-refractivity contribution in [2.24, 2.45) is 0 Å². The summed E-state index contributed by atoms with van der Waals surface area (Å²) in [6.07, 6.45) is 0. The number of hydrogen-bond acceptors (Lipinski definition) is 0. The molecule has 0 bridgehead atoms. The first kappa shape index (κ1) is 106. The van der Waals surface area contributed by atoms with Crippen molar-refractivity contribution in [3.05, 3.63) is 0 Å². The van der Waals surface area contributed by atoms with E-state index in [1.165, 1.54) is 0 Å². The van der Waals surface area contributed by atoms with Gasteiger partial charge in [0.1, 0.15) is 0 Å². The molecule has 0 saturated carbocycles. The first-order chi connectivity index (χ1) is 0. The van der Waals surface area contributed by atoms with Crippen LogP contribution in [0.15, 0.2) is 0 Å². The Kier molecular flexibility index (Phi) is 1180. The van der Waals surface area contributed by atoms with E-state index in [2.05, 4.69) is 0 Å². The van der Waals surface area contributed by atoms with Gasteiger partial charge in [-0.25, -0.2) is 0 Å². The molecule has 6 heteroatoms. The van der Waals surface area contributed by atoms with Crippen molar-refractivity contribution in [2.75, 3.05) is 0 Å². The van der Waals surface area contributed by atoms with Crippen molar-refractivity contribution in [1.82, 2.24) is 0 Å². The Hall–Kier alpha value is 1.88. The third-order valence-electron chi connectivity index (χ3n) is 0. The molecule has 0 aliphatic rings. The summed E-state index contributed by atoms with van der Waals surface area (Å²) in [4.78, 5) is 0. The predicted molar refractivity (Wildman–Crippen MR) is 2.06 cm³/mol. The van der Waals surface area contributed by atoms with Crippen LogP contribution in [0, 0.1) is 0 Å². The average Bonchev–Trinajstić information content (AvgIpc) is 0. The zero-order valence-electron chi connectivity index (χ0n) is 2.30. The molecule has 0 aromatic carbocycles. The Labute approximate surface area is 77.5 Å². The molecule has 0 rings (SSSR count). The molecule has 3 nitrogen and oxygen atoms in total. The zero-order valence-corrected chi connectivity index (χ0v) is 9.25. The van der Waals surface area contributed by atoms with Crippen LogP contribution < -0.4 is 0 Å². The second-order valence-electron chi connectivity index (χ2n) is 0. The normalized spacial score (nSPS) is 0. The molecule has 0 amide bonds. The molecule has 0 aromatic heterocycles. The quantitative estimate of drug-likeness (QED) is 0.385. The van der Waals surface area contributed by atoms with E-state index in [4.69, 9.17) is 0 Å². The molecule has 0 radical (unpaired) electrons. The van der Waals surface area contributed by atoms with Crippen molar-refractivity contribution < 1.29 is 78.0 Å². The maximum Gasteiger partial charge on any atom is 0 e. The van der Waals surface area contributed by atoms with Crippen LogP contribution in [0.1, 0.15) is 0 Å². The summed E-state index contributed by atoms with van der Waals surface area (Å²) in [7, 11) is 0. The van der Waals surface area contributed by atoms with E-state index >= 15 is 0 Å². The van der Waals surface area contributed by atoms with Gasteiger partial charge in [-0.3, -0.25) is 0 Å². The minimum absolute atomic E-state index is 0. The first-order valence-electron chi connectivity index (χ1n) is 0. The molecule has 0 unspecified atom stereocenters. The van der Waals surface area contributed by atoms with E-state index in [0.717, 1.165) is 0 Å². The number of hydrogen-bond donors (Lipinski definition) is 0.